The van der Waals surface area contributed by atoms with Crippen molar-refractivity contribution in [3.8, 4) is 5.75 Å². The summed E-state index contributed by atoms with van der Waals surface area (Å²) in [4.78, 5) is 23.2. The van der Waals surface area contributed by atoms with E-state index in [-0.39, 0.29) is 17.3 Å². The number of nitrogens with zero attached hydrogens (tertiary/aromatic N) is 4. The fourth-order valence-corrected chi connectivity index (χ4v) is 3.02. The van der Waals surface area contributed by atoms with Crippen LogP contribution in [0.2, 0.25) is 0 Å². The highest BCUT2D eigenvalue weighted by Crippen LogP contribution is 2.34. The van der Waals surface area contributed by atoms with Crippen LogP contribution in [0.5, 0.6) is 5.75 Å². The first-order valence-corrected chi connectivity index (χ1v) is 7.99. The lowest BCUT2D eigenvalue weighted by molar-refractivity contribution is -0.383. The Kier molecular flexibility index (Phi) is 4.70. The topological polar surface area (TPSA) is 115 Å². The molecule has 2 N–H and O–H groups in total. The fraction of sp³-hybridized carbons (Fsp3) is 0.133. The third-order valence-electron chi connectivity index (χ3n) is 3.24. The van der Waals surface area contributed by atoms with E-state index in [9.17, 15) is 10.1 Å². The molecule has 2 heterocycles. The average molecular weight is 358 g/mol. The second-order valence-electron chi connectivity index (χ2n) is 4.82. The molecule has 0 unspecified atom stereocenters. The molecule has 2 aromatic heterocycles. The standard InChI is InChI=1S/C15H14N6O3S/c1-3-6-16-13-12(21(22)23)14(18-8-17-13)20-15-19-10-5-4-9(24-2)7-11(10)25-15/h3-5,7-8H,1,6H2,2H3,(H2,16,17,18,19,20). The van der Waals surface area contributed by atoms with Gasteiger partial charge in [-0.3, -0.25) is 10.1 Å². The van der Waals surface area contributed by atoms with Crippen LogP contribution in [-0.2, 0) is 0 Å². The average Bonchev–Trinajstić information content (AvgIpc) is 3.00. The van der Waals surface area contributed by atoms with E-state index in [1.165, 1.54) is 17.7 Å². The highest BCUT2D eigenvalue weighted by molar-refractivity contribution is 7.22. The minimum absolute atomic E-state index is 0.0672. The first-order valence-electron chi connectivity index (χ1n) is 7.18. The van der Waals surface area contributed by atoms with Gasteiger partial charge in [0.05, 0.1) is 22.2 Å². The van der Waals surface area contributed by atoms with Gasteiger partial charge in [-0.1, -0.05) is 17.4 Å². The first kappa shape index (κ1) is 16.6. The van der Waals surface area contributed by atoms with E-state index in [1.54, 1.807) is 19.3 Å². The number of ether oxygens (including phenoxy) is 1. The smallest absolute Gasteiger partial charge is 0.353 e. The summed E-state index contributed by atoms with van der Waals surface area (Å²) in [5.74, 6) is 0.898. The normalized spacial score (nSPS) is 10.4. The summed E-state index contributed by atoms with van der Waals surface area (Å²) in [7, 11) is 1.59. The zero-order chi connectivity index (χ0) is 17.8. The molecule has 10 heteroatoms. The van der Waals surface area contributed by atoms with Crippen LogP contribution >= 0.6 is 11.3 Å². The van der Waals surface area contributed by atoms with Crippen LogP contribution in [0.25, 0.3) is 10.2 Å². The highest BCUT2D eigenvalue weighted by atomic mass is 32.1. The molecule has 0 radical (unpaired) electrons. The summed E-state index contributed by atoms with van der Waals surface area (Å²) < 4.78 is 6.08. The van der Waals surface area contributed by atoms with Crippen molar-refractivity contribution in [2.75, 3.05) is 24.3 Å². The third kappa shape index (κ3) is 3.48. The molecule has 0 saturated carbocycles. The SMILES string of the molecule is C=CCNc1ncnc(Nc2nc3ccc(OC)cc3s2)c1[N+](=O)[O-]. The Bertz CT molecular complexity index is 942. The van der Waals surface area contributed by atoms with Gasteiger partial charge in [-0.25, -0.2) is 15.0 Å². The van der Waals surface area contributed by atoms with E-state index in [1.807, 2.05) is 12.1 Å². The number of thiazole rings is 1. The number of aromatic nitrogens is 3. The molecule has 0 spiro atoms. The zero-order valence-electron chi connectivity index (χ0n) is 13.2. The maximum absolute atomic E-state index is 11.4. The van der Waals surface area contributed by atoms with Crippen molar-refractivity contribution in [2.45, 2.75) is 0 Å². The lowest BCUT2D eigenvalue weighted by Gasteiger charge is -2.07. The fourth-order valence-electron chi connectivity index (χ4n) is 2.13. The van der Waals surface area contributed by atoms with Gasteiger partial charge < -0.3 is 15.4 Å². The van der Waals surface area contributed by atoms with E-state index < -0.39 is 4.92 Å². The maximum Gasteiger partial charge on any atom is 0.353 e. The summed E-state index contributed by atoms with van der Waals surface area (Å²) in [5.41, 5.74) is 0.510. The Hall–Kier alpha value is -3.27. The summed E-state index contributed by atoms with van der Waals surface area (Å²) >= 11 is 1.34. The molecule has 25 heavy (non-hydrogen) atoms. The van der Waals surface area contributed by atoms with Gasteiger partial charge in [0.2, 0.25) is 11.6 Å². The van der Waals surface area contributed by atoms with E-state index in [2.05, 4.69) is 32.2 Å². The summed E-state index contributed by atoms with van der Waals surface area (Å²) in [5, 5.41) is 17.7. The van der Waals surface area contributed by atoms with Crippen molar-refractivity contribution in [1.82, 2.24) is 15.0 Å². The van der Waals surface area contributed by atoms with Crippen molar-refractivity contribution in [3.05, 3.63) is 47.3 Å². The molecule has 128 valence electrons. The molecule has 0 amide bonds. The Balaban J connectivity index is 1.96. The van der Waals surface area contributed by atoms with Gasteiger partial charge in [-0.2, -0.15) is 0 Å². The number of benzene rings is 1. The molecular formula is C15H14N6O3S. The van der Waals surface area contributed by atoms with Crippen LogP contribution in [0.15, 0.2) is 37.2 Å². The molecule has 0 atom stereocenters. The van der Waals surface area contributed by atoms with Crippen LogP contribution in [0.3, 0.4) is 0 Å². The van der Waals surface area contributed by atoms with E-state index in [0.717, 1.165) is 10.2 Å². The van der Waals surface area contributed by atoms with Gasteiger partial charge in [-0.05, 0) is 18.2 Å². The number of nitrogens with one attached hydrogen (secondary N) is 2. The molecule has 9 nitrogen and oxygen atoms in total. The molecule has 0 aliphatic rings. The minimum Gasteiger partial charge on any atom is -0.497 e. The van der Waals surface area contributed by atoms with E-state index >= 15 is 0 Å². The Morgan fingerprint density at radius 2 is 2.20 bits per heavy atom. The van der Waals surface area contributed by atoms with Crippen molar-refractivity contribution in [2.24, 2.45) is 0 Å². The Morgan fingerprint density at radius 3 is 2.92 bits per heavy atom. The number of hydrogen-bond acceptors (Lipinski definition) is 9. The van der Waals surface area contributed by atoms with Gasteiger partial charge in [0.15, 0.2) is 5.13 Å². The predicted octanol–water partition coefficient (Wildman–Crippen LogP) is 3.34. The second kappa shape index (κ2) is 7.09. The number of anilines is 3. The molecule has 0 bridgehead atoms. The molecular weight excluding hydrogens is 344 g/mol. The van der Waals surface area contributed by atoms with Crippen molar-refractivity contribution in [1.29, 1.82) is 0 Å². The quantitative estimate of drug-likeness (QED) is 0.375. The van der Waals surface area contributed by atoms with Gasteiger partial charge >= 0.3 is 5.69 Å². The number of rotatable bonds is 7. The van der Waals surface area contributed by atoms with Crippen LogP contribution in [0.1, 0.15) is 0 Å². The second-order valence-corrected chi connectivity index (χ2v) is 5.85. The number of methoxy groups -OCH3 is 1. The molecule has 0 aliphatic heterocycles. The van der Waals surface area contributed by atoms with Crippen molar-refractivity contribution < 1.29 is 9.66 Å². The highest BCUT2D eigenvalue weighted by Gasteiger charge is 2.23. The van der Waals surface area contributed by atoms with Gasteiger partial charge in [0.25, 0.3) is 0 Å². The van der Waals surface area contributed by atoms with Crippen LogP contribution < -0.4 is 15.4 Å². The molecule has 0 fully saturated rings. The molecule has 3 rings (SSSR count). The molecule has 1 aromatic carbocycles. The largest absolute Gasteiger partial charge is 0.497 e. The van der Waals surface area contributed by atoms with E-state index in [0.29, 0.717) is 17.4 Å². The van der Waals surface area contributed by atoms with Gasteiger partial charge in [-0.15, -0.1) is 6.58 Å². The van der Waals surface area contributed by atoms with Gasteiger partial charge in [0, 0.05) is 6.54 Å². The van der Waals surface area contributed by atoms with Crippen molar-refractivity contribution >= 4 is 44.0 Å². The summed E-state index contributed by atoms with van der Waals surface area (Å²) in [6.45, 7) is 3.91. The van der Waals surface area contributed by atoms with Crippen LogP contribution in [0.4, 0.5) is 22.5 Å². The zero-order valence-corrected chi connectivity index (χ0v) is 14.0. The third-order valence-corrected chi connectivity index (χ3v) is 4.17. The maximum atomic E-state index is 11.4. The van der Waals surface area contributed by atoms with Crippen LogP contribution in [0, 0.1) is 10.1 Å². The van der Waals surface area contributed by atoms with Gasteiger partial charge in [0.1, 0.15) is 12.1 Å². The Morgan fingerprint density at radius 1 is 1.40 bits per heavy atom. The summed E-state index contributed by atoms with van der Waals surface area (Å²) in [6, 6.07) is 5.47. The van der Waals surface area contributed by atoms with Crippen molar-refractivity contribution in [3.63, 3.8) is 0 Å². The lowest BCUT2D eigenvalue weighted by atomic mass is 10.3. The number of fused-ring (bicyclic) bond motifs is 1. The van der Waals surface area contributed by atoms with Crippen LogP contribution in [-0.4, -0.2) is 33.5 Å². The van der Waals surface area contributed by atoms with E-state index in [4.69, 9.17) is 4.74 Å². The predicted molar refractivity (Wildman–Crippen MR) is 96.8 cm³/mol. The number of hydrogen-bond donors (Lipinski definition) is 2. The minimum atomic E-state index is -0.538. The molecule has 3 aromatic rings. The summed E-state index contributed by atoms with van der Waals surface area (Å²) in [6.07, 6.45) is 2.83. The first-order chi connectivity index (χ1) is 12.1. The lowest BCUT2D eigenvalue weighted by Crippen LogP contribution is -2.08. The molecule has 0 aliphatic carbocycles. The Labute approximate surface area is 146 Å². The molecule has 0 saturated heterocycles. The monoisotopic (exact) mass is 358 g/mol. The number of nitro groups is 1.